The lowest BCUT2D eigenvalue weighted by Crippen LogP contribution is -2.25. The van der Waals surface area contributed by atoms with Crippen LogP contribution in [0.4, 0.5) is 10.1 Å². The Hall–Kier alpha value is -2.24. The van der Waals surface area contributed by atoms with Crippen molar-refractivity contribution < 1.29 is 14.1 Å². The van der Waals surface area contributed by atoms with Gasteiger partial charge in [-0.3, -0.25) is 14.9 Å². The number of nitrogens with zero attached hydrogens (tertiary/aromatic N) is 1. The predicted molar refractivity (Wildman–Crippen MR) is 76.6 cm³/mol. The third-order valence-electron chi connectivity index (χ3n) is 3.52. The van der Waals surface area contributed by atoms with E-state index in [0.29, 0.717) is 6.54 Å². The minimum Gasteiger partial charge on any atom is -0.351 e. The van der Waals surface area contributed by atoms with E-state index < -0.39 is 16.6 Å². The van der Waals surface area contributed by atoms with Crippen molar-refractivity contribution in [3.63, 3.8) is 0 Å². The summed E-state index contributed by atoms with van der Waals surface area (Å²) in [6, 6.07) is 2.88. The number of carbonyl (C=O) groups is 1. The molecule has 1 aliphatic rings. The van der Waals surface area contributed by atoms with Gasteiger partial charge in [0.05, 0.1) is 4.92 Å². The molecule has 0 aromatic heterocycles. The number of nitro groups is 1. The maximum atomic E-state index is 13.2. The number of amides is 1. The van der Waals surface area contributed by atoms with E-state index in [0.717, 1.165) is 43.9 Å². The van der Waals surface area contributed by atoms with Crippen molar-refractivity contribution >= 4 is 11.6 Å². The molecule has 0 radical (unpaired) electrons. The third-order valence-corrected chi connectivity index (χ3v) is 3.52. The van der Waals surface area contributed by atoms with E-state index in [1.807, 2.05) is 0 Å². The number of rotatable bonds is 5. The molecule has 0 aliphatic heterocycles. The fraction of sp³-hybridized carbons (Fsp3) is 0.400. The summed E-state index contributed by atoms with van der Waals surface area (Å²) < 4.78 is 13.2. The first-order valence-electron chi connectivity index (χ1n) is 6.98. The Balaban J connectivity index is 1.98. The second-order valence-corrected chi connectivity index (χ2v) is 5.03. The molecule has 0 bridgehead atoms. The number of benzene rings is 1. The van der Waals surface area contributed by atoms with E-state index in [4.69, 9.17) is 0 Å². The SMILES string of the molecule is O=C(NCCC1=CCCCC1)c1cc(F)ccc1[N+](=O)[O-]. The molecule has 5 nitrogen and oxygen atoms in total. The molecule has 1 aliphatic carbocycles. The standard InChI is InChI=1S/C15H17FN2O3/c16-12-6-7-14(18(20)21)13(10-12)15(19)17-9-8-11-4-2-1-3-5-11/h4,6-7,10H,1-3,5,8-9H2,(H,17,19). The maximum absolute atomic E-state index is 13.2. The van der Waals surface area contributed by atoms with Crippen molar-refractivity contribution in [3.8, 4) is 0 Å². The Morgan fingerprint density at radius 3 is 2.86 bits per heavy atom. The summed E-state index contributed by atoms with van der Waals surface area (Å²) in [7, 11) is 0. The van der Waals surface area contributed by atoms with Crippen LogP contribution in [0.1, 0.15) is 42.5 Å². The fourth-order valence-electron chi connectivity index (χ4n) is 2.41. The number of allylic oxidation sites excluding steroid dienone is 1. The first-order valence-corrected chi connectivity index (χ1v) is 6.98. The average molecular weight is 292 g/mol. The fourth-order valence-corrected chi connectivity index (χ4v) is 2.41. The lowest BCUT2D eigenvalue weighted by Gasteiger charge is -2.13. The molecule has 1 aromatic carbocycles. The molecule has 1 aromatic rings. The molecule has 6 heteroatoms. The van der Waals surface area contributed by atoms with Crippen molar-refractivity contribution in [2.75, 3.05) is 6.54 Å². The molecule has 0 atom stereocenters. The Kier molecular flexibility index (Phi) is 5.03. The molecule has 1 amide bonds. The summed E-state index contributed by atoms with van der Waals surface area (Å²) in [5, 5.41) is 13.5. The van der Waals surface area contributed by atoms with Crippen molar-refractivity contribution in [1.82, 2.24) is 5.32 Å². The van der Waals surface area contributed by atoms with E-state index in [9.17, 15) is 19.3 Å². The normalized spacial score (nSPS) is 14.4. The van der Waals surface area contributed by atoms with Crippen LogP contribution in [0, 0.1) is 15.9 Å². The van der Waals surface area contributed by atoms with Gasteiger partial charge in [0.2, 0.25) is 0 Å². The molecule has 1 N–H and O–H groups in total. The second-order valence-electron chi connectivity index (χ2n) is 5.03. The van der Waals surface area contributed by atoms with Crippen molar-refractivity contribution in [1.29, 1.82) is 0 Å². The summed E-state index contributed by atoms with van der Waals surface area (Å²) in [4.78, 5) is 22.1. The largest absolute Gasteiger partial charge is 0.351 e. The highest BCUT2D eigenvalue weighted by atomic mass is 19.1. The number of nitro benzene ring substituents is 1. The minimum atomic E-state index is -0.683. The molecule has 0 fully saturated rings. The molecule has 2 rings (SSSR count). The van der Waals surface area contributed by atoms with Gasteiger partial charge in [-0.05, 0) is 44.2 Å². The van der Waals surface area contributed by atoms with Gasteiger partial charge < -0.3 is 5.32 Å². The van der Waals surface area contributed by atoms with Crippen LogP contribution >= 0.6 is 0 Å². The first-order chi connectivity index (χ1) is 10.1. The molecule has 21 heavy (non-hydrogen) atoms. The highest BCUT2D eigenvalue weighted by molar-refractivity contribution is 5.98. The van der Waals surface area contributed by atoms with Gasteiger partial charge in [0.25, 0.3) is 11.6 Å². The monoisotopic (exact) mass is 292 g/mol. The molecular weight excluding hydrogens is 275 g/mol. The van der Waals surface area contributed by atoms with Gasteiger partial charge in [-0.15, -0.1) is 0 Å². The number of carbonyl (C=O) groups excluding carboxylic acids is 1. The zero-order valence-electron chi connectivity index (χ0n) is 11.6. The van der Waals surface area contributed by atoms with Gasteiger partial charge in [-0.25, -0.2) is 4.39 Å². The number of nitrogens with one attached hydrogen (secondary N) is 1. The lowest BCUT2D eigenvalue weighted by atomic mass is 9.97. The topological polar surface area (TPSA) is 72.2 Å². The van der Waals surface area contributed by atoms with Crippen LogP contribution in [0.25, 0.3) is 0 Å². The molecular formula is C15H17FN2O3. The lowest BCUT2D eigenvalue weighted by molar-refractivity contribution is -0.385. The summed E-state index contributed by atoms with van der Waals surface area (Å²) in [5.74, 6) is -1.28. The van der Waals surface area contributed by atoms with E-state index in [1.165, 1.54) is 12.0 Å². The van der Waals surface area contributed by atoms with Gasteiger partial charge in [0, 0.05) is 12.6 Å². The van der Waals surface area contributed by atoms with Crippen LogP contribution in [-0.2, 0) is 0 Å². The van der Waals surface area contributed by atoms with Crippen LogP contribution in [-0.4, -0.2) is 17.4 Å². The number of hydrogen-bond acceptors (Lipinski definition) is 3. The quantitative estimate of drug-likeness (QED) is 0.514. The average Bonchev–Trinajstić information content (AvgIpc) is 2.47. The van der Waals surface area contributed by atoms with E-state index >= 15 is 0 Å². The molecule has 0 heterocycles. The summed E-state index contributed by atoms with van der Waals surface area (Å²) >= 11 is 0. The molecule has 0 unspecified atom stereocenters. The number of hydrogen-bond donors (Lipinski definition) is 1. The van der Waals surface area contributed by atoms with Gasteiger partial charge in [0.1, 0.15) is 11.4 Å². The highest BCUT2D eigenvalue weighted by Gasteiger charge is 2.20. The van der Waals surface area contributed by atoms with Crippen LogP contribution < -0.4 is 5.32 Å². The van der Waals surface area contributed by atoms with Crippen molar-refractivity contribution in [3.05, 3.63) is 51.3 Å². The Morgan fingerprint density at radius 1 is 1.38 bits per heavy atom. The zero-order valence-corrected chi connectivity index (χ0v) is 11.6. The second kappa shape index (κ2) is 6.97. The summed E-state index contributed by atoms with van der Waals surface area (Å²) in [5.41, 5.74) is 0.679. The van der Waals surface area contributed by atoms with Crippen LogP contribution in [0.3, 0.4) is 0 Å². The minimum absolute atomic E-state index is 0.238. The Bertz CT molecular complexity index is 584. The Labute approximate surface area is 122 Å². The van der Waals surface area contributed by atoms with Gasteiger partial charge in [-0.1, -0.05) is 11.6 Å². The summed E-state index contributed by atoms with van der Waals surface area (Å²) in [6.07, 6.45) is 7.38. The maximum Gasteiger partial charge on any atom is 0.282 e. The van der Waals surface area contributed by atoms with Gasteiger partial charge in [0.15, 0.2) is 0 Å². The van der Waals surface area contributed by atoms with Crippen LogP contribution in [0.5, 0.6) is 0 Å². The van der Waals surface area contributed by atoms with Gasteiger partial charge >= 0.3 is 0 Å². The van der Waals surface area contributed by atoms with E-state index in [-0.39, 0.29) is 11.3 Å². The highest BCUT2D eigenvalue weighted by Crippen LogP contribution is 2.21. The van der Waals surface area contributed by atoms with Crippen LogP contribution in [0.15, 0.2) is 29.8 Å². The third kappa shape index (κ3) is 4.11. The molecule has 112 valence electrons. The molecule has 0 spiro atoms. The Morgan fingerprint density at radius 2 is 2.19 bits per heavy atom. The number of halogens is 1. The van der Waals surface area contributed by atoms with E-state index in [1.54, 1.807) is 0 Å². The summed E-state index contributed by atoms with van der Waals surface area (Å²) in [6.45, 7) is 0.401. The van der Waals surface area contributed by atoms with Crippen molar-refractivity contribution in [2.45, 2.75) is 32.1 Å². The first kappa shape index (κ1) is 15.2. The van der Waals surface area contributed by atoms with Gasteiger partial charge in [-0.2, -0.15) is 0 Å². The zero-order chi connectivity index (χ0) is 15.2. The molecule has 0 saturated heterocycles. The predicted octanol–water partition coefficient (Wildman–Crippen LogP) is 3.35. The van der Waals surface area contributed by atoms with Crippen molar-refractivity contribution in [2.24, 2.45) is 0 Å². The molecule has 0 saturated carbocycles. The van der Waals surface area contributed by atoms with Crippen LogP contribution in [0.2, 0.25) is 0 Å². The van der Waals surface area contributed by atoms with E-state index in [2.05, 4.69) is 11.4 Å². The smallest absolute Gasteiger partial charge is 0.282 e.